The van der Waals surface area contributed by atoms with Crippen LogP contribution in [0.5, 0.6) is 0 Å². The normalized spacial score (nSPS) is 14.6. The van der Waals surface area contributed by atoms with E-state index >= 15 is 0 Å². The second kappa shape index (κ2) is 10.8. The molecular weight excluding hydrogens is 440 g/mol. The Labute approximate surface area is 205 Å². The maximum absolute atomic E-state index is 13.3. The van der Waals surface area contributed by atoms with Crippen molar-refractivity contribution in [1.82, 2.24) is 4.98 Å². The molecule has 178 valence electrons. The summed E-state index contributed by atoms with van der Waals surface area (Å²) in [7, 11) is 0. The molecule has 0 spiro atoms. The predicted octanol–water partition coefficient (Wildman–Crippen LogP) is 4.71. The number of esters is 1. The lowest BCUT2D eigenvalue weighted by Crippen LogP contribution is -2.38. The lowest BCUT2D eigenvalue weighted by molar-refractivity contribution is -0.159. The van der Waals surface area contributed by atoms with E-state index in [0.29, 0.717) is 42.7 Å². The van der Waals surface area contributed by atoms with Gasteiger partial charge in [0.25, 0.3) is 5.91 Å². The lowest BCUT2D eigenvalue weighted by Gasteiger charge is -2.32. The molecule has 1 aliphatic rings. The van der Waals surface area contributed by atoms with Gasteiger partial charge >= 0.3 is 5.97 Å². The van der Waals surface area contributed by atoms with Crippen LogP contribution in [0.25, 0.3) is 0 Å². The van der Waals surface area contributed by atoms with Crippen molar-refractivity contribution >= 4 is 23.4 Å². The minimum atomic E-state index is -1.04. The number of hydrogen-bond donors (Lipinski definition) is 1. The Morgan fingerprint density at radius 2 is 1.83 bits per heavy atom. The highest BCUT2D eigenvalue weighted by Crippen LogP contribution is 2.27. The molecule has 1 unspecified atom stereocenters. The molecule has 1 aliphatic heterocycles. The summed E-state index contributed by atoms with van der Waals surface area (Å²) < 4.78 is 5.83. The molecule has 1 saturated heterocycles. The number of nitriles is 1. The van der Waals surface area contributed by atoms with Crippen molar-refractivity contribution in [2.24, 2.45) is 5.92 Å². The summed E-state index contributed by atoms with van der Waals surface area (Å²) in [6.45, 7) is 5.17. The smallest absolute Gasteiger partial charge is 0.310 e. The third-order valence-corrected chi connectivity index (χ3v) is 6.25. The number of carbonyl (C=O) groups excluding carboxylic acids is 2. The van der Waals surface area contributed by atoms with Crippen molar-refractivity contribution < 1.29 is 14.3 Å². The Hall–Kier alpha value is -4.18. The molecule has 35 heavy (non-hydrogen) atoms. The van der Waals surface area contributed by atoms with Crippen LogP contribution in [0.15, 0.2) is 66.9 Å². The topological polar surface area (TPSA) is 95.3 Å². The van der Waals surface area contributed by atoms with E-state index in [2.05, 4.69) is 21.3 Å². The SMILES string of the molecule is Cc1ccc(C)c(NC(=O)C(OC(=O)C2CCN(c3ccc(C#N)cn3)CC2)c2ccccc2)c1. The number of ether oxygens (including phenoxy) is 1. The van der Waals surface area contributed by atoms with E-state index in [0.717, 1.165) is 16.9 Å². The van der Waals surface area contributed by atoms with Crippen LogP contribution < -0.4 is 10.2 Å². The Kier molecular flexibility index (Phi) is 7.41. The van der Waals surface area contributed by atoms with Gasteiger partial charge in [0.1, 0.15) is 11.9 Å². The van der Waals surface area contributed by atoms with E-state index in [9.17, 15) is 9.59 Å². The van der Waals surface area contributed by atoms with Crippen LogP contribution in [0.2, 0.25) is 0 Å². The number of rotatable bonds is 6. The number of nitrogens with zero attached hydrogens (tertiary/aromatic N) is 3. The molecule has 3 aromatic rings. The van der Waals surface area contributed by atoms with Crippen LogP contribution in [0.3, 0.4) is 0 Å². The van der Waals surface area contributed by atoms with E-state index in [1.54, 1.807) is 24.4 Å². The molecule has 1 aromatic heterocycles. The summed E-state index contributed by atoms with van der Waals surface area (Å²) in [5.41, 5.74) is 3.81. The molecule has 0 saturated carbocycles. The van der Waals surface area contributed by atoms with Crippen LogP contribution in [0.4, 0.5) is 11.5 Å². The van der Waals surface area contributed by atoms with Gasteiger partial charge in [-0.05, 0) is 56.0 Å². The second-order valence-corrected chi connectivity index (χ2v) is 8.81. The molecule has 0 aliphatic carbocycles. The summed E-state index contributed by atoms with van der Waals surface area (Å²) in [4.78, 5) is 32.8. The van der Waals surface area contributed by atoms with Crippen molar-refractivity contribution in [1.29, 1.82) is 5.26 Å². The van der Waals surface area contributed by atoms with Crippen LogP contribution >= 0.6 is 0 Å². The van der Waals surface area contributed by atoms with Gasteiger partial charge in [0.05, 0.1) is 11.5 Å². The third kappa shape index (κ3) is 5.85. The standard InChI is InChI=1S/C28H28N4O3/c1-19-8-9-20(2)24(16-19)31-27(33)26(22-6-4-3-5-7-22)35-28(34)23-12-14-32(15-13-23)25-11-10-21(17-29)18-30-25/h3-11,16,18,23,26H,12-15H2,1-2H3,(H,31,33). The monoisotopic (exact) mass is 468 g/mol. The molecule has 2 aromatic carbocycles. The van der Waals surface area contributed by atoms with Crippen LogP contribution in [0, 0.1) is 31.1 Å². The van der Waals surface area contributed by atoms with Crippen molar-refractivity contribution in [3.05, 3.63) is 89.1 Å². The van der Waals surface area contributed by atoms with Crippen LogP contribution in [0.1, 0.15) is 41.2 Å². The summed E-state index contributed by atoms with van der Waals surface area (Å²) in [5, 5.41) is 11.9. The lowest BCUT2D eigenvalue weighted by atomic mass is 9.96. The fourth-order valence-corrected chi connectivity index (χ4v) is 4.17. The van der Waals surface area contributed by atoms with Gasteiger partial charge in [-0.25, -0.2) is 4.98 Å². The fourth-order valence-electron chi connectivity index (χ4n) is 4.17. The summed E-state index contributed by atoms with van der Waals surface area (Å²) in [6, 6.07) is 20.6. The van der Waals surface area contributed by atoms with Gasteiger partial charge in [-0.3, -0.25) is 9.59 Å². The first kappa shape index (κ1) is 24.0. The highest BCUT2D eigenvalue weighted by Gasteiger charge is 2.32. The minimum Gasteiger partial charge on any atom is -0.447 e. The zero-order chi connectivity index (χ0) is 24.8. The van der Waals surface area contributed by atoms with Gasteiger partial charge in [0, 0.05) is 30.5 Å². The first-order valence-electron chi connectivity index (χ1n) is 11.7. The third-order valence-electron chi connectivity index (χ3n) is 6.25. The van der Waals surface area contributed by atoms with Crippen molar-refractivity contribution in [3.63, 3.8) is 0 Å². The Bertz CT molecular complexity index is 1230. The van der Waals surface area contributed by atoms with Crippen LogP contribution in [-0.2, 0) is 14.3 Å². The summed E-state index contributed by atoms with van der Waals surface area (Å²) in [6.07, 6.45) is 1.71. The molecule has 7 heteroatoms. The minimum absolute atomic E-state index is 0.302. The van der Waals surface area contributed by atoms with E-state index in [1.807, 2.05) is 56.3 Å². The zero-order valence-electron chi connectivity index (χ0n) is 19.9. The van der Waals surface area contributed by atoms with Gasteiger partial charge in [-0.2, -0.15) is 5.26 Å². The van der Waals surface area contributed by atoms with E-state index in [1.165, 1.54) is 0 Å². The average molecular weight is 469 g/mol. The fraction of sp³-hybridized carbons (Fsp3) is 0.286. The van der Waals surface area contributed by atoms with Crippen LogP contribution in [-0.4, -0.2) is 29.9 Å². The number of nitrogens with one attached hydrogen (secondary N) is 1. The predicted molar refractivity (Wildman–Crippen MR) is 134 cm³/mol. The number of pyridine rings is 1. The molecule has 7 nitrogen and oxygen atoms in total. The maximum atomic E-state index is 13.3. The number of piperidine rings is 1. The number of benzene rings is 2. The van der Waals surface area contributed by atoms with Gasteiger partial charge in [0.15, 0.2) is 0 Å². The van der Waals surface area contributed by atoms with Gasteiger partial charge in [-0.1, -0.05) is 42.5 Å². The number of aryl methyl sites for hydroxylation is 2. The molecule has 1 N–H and O–H groups in total. The number of hydrogen-bond acceptors (Lipinski definition) is 6. The molecule has 4 rings (SSSR count). The molecular formula is C28H28N4O3. The van der Waals surface area contributed by atoms with Gasteiger partial charge in [0.2, 0.25) is 6.10 Å². The highest BCUT2D eigenvalue weighted by atomic mass is 16.5. The summed E-state index contributed by atoms with van der Waals surface area (Å²) >= 11 is 0. The largest absolute Gasteiger partial charge is 0.447 e. The Morgan fingerprint density at radius 1 is 1.09 bits per heavy atom. The molecule has 2 heterocycles. The Morgan fingerprint density at radius 3 is 2.49 bits per heavy atom. The first-order valence-corrected chi connectivity index (χ1v) is 11.7. The second-order valence-electron chi connectivity index (χ2n) is 8.81. The molecule has 1 atom stereocenters. The molecule has 1 fully saturated rings. The molecule has 1 amide bonds. The van der Waals surface area contributed by atoms with Gasteiger partial charge in [-0.15, -0.1) is 0 Å². The zero-order valence-corrected chi connectivity index (χ0v) is 19.9. The number of amides is 1. The molecule has 0 bridgehead atoms. The molecule has 0 radical (unpaired) electrons. The van der Waals surface area contributed by atoms with E-state index < -0.39 is 6.10 Å². The number of carbonyl (C=O) groups is 2. The number of anilines is 2. The van der Waals surface area contributed by atoms with Gasteiger partial charge < -0.3 is 15.0 Å². The highest BCUT2D eigenvalue weighted by molar-refractivity contribution is 5.96. The maximum Gasteiger partial charge on any atom is 0.310 e. The quantitative estimate of drug-likeness (QED) is 0.527. The van der Waals surface area contributed by atoms with E-state index in [-0.39, 0.29) is 17.8 Å². The Balaban J connectivity index is 1.43. The number of aromatic nitrogens is 1. The first-order chi connectivity index (χ1) is 16.9. The van der Waals surface area contributed by atoms with Crippen molar-refractivity contribution in [3.8, 4) is 6.07 Å². The summed E-state index contributed by atoms with van der Waals surface area (Å²) in [5.74, 6) is -0.268. The van der Waals surface area contributed by atoms with Crippen molar-refractivity contribution in [2.75, 3.05) is 23.3 Å². The average Bonchev–Trinajstić information content (AvgIpc) is 2.90. The van der Waals surface area contributed by atoms with E-state index in [4.69, 9.17) is 10.00 Å². The van der Waals surface area contributed by atoms with Crippen molar-refractivity contribution in [2.45, 2.75) is 32.8 Å².